The number of nitrogens with zero attached hydrogens (tertiary/aromatic N) is 4. The van der Waals surface area contributed by atoms with Crippen LogP contribution in [0.2, 0.25) is 0 Å². The summed E-state index contributed by atoms with van der Waals surface area (Å²) in [5, 5.41) is 8.05. The molecule has 3 heterocycles. The Kier molecular flexibility index (Phi) is 4.45. The Balaban J connectivity index is 1.46. The predicted octanol–water partition coefficient (Wildman–Crippen LogP) is 2.82. The fourth-order valence-electron chi connectivity index (χ4n) is 4.65. The molecule has 2 saturated heterocycles. The molecule has 1 aromatic heterocycles. The molecular weight excluding hydrogens is 349 g/mol. The van der Waals surface area contributed by atoms with Gasteiger partial charge in [0, 0.05) is 26.3 Å². The van der Waals surface area contributed by atoms with Crippen LogP contribution in [0.15, 0.2) is 6.20 Å². The van der Waals surface area contributed by atoms with E-state index in [4.69, 9.17) is 4.74 Å². The van der Waals surface area contributed by atoms with Crippen LogP contribution in [0.3, 0.4) is 0 Å². The lowest BCUT2D eigenvalue weighted by molar-refractivity contribution is -0.235. The average Bonchev–Trinajstić information content (AvgIpc) is 3.09. The van der Waals surface area contributed by atoms with E-state index in [9.17, 15) is 18.0 Å². The lowest BCUT2D eigenvalue weighted by Gasteiger charge is -2.54. The molecule has 0 bridgehead atoms. The van der Waals surface area contributed by atoms with Crippen LogP contribution in [0.4, 0.5) is 13.2 Å². The van der Waals surface area contributed by atoms with Gasteiger partial charge in [0.2, 0.25) is 0 Å². The predicted molar refractivity (Wildman–Crippen MR) is 85.5 cm³/mol. The van der Waals surface area contributed by atoms with Crippen molar-refractivity contribution >= 4 is 5.91 Å². The van der Waals surface area contributed by atoms with Crippen molar-refractivity contribution in [2.24, 2.45) is 11.3 Å². The molecule has 0 N–H and O–H groups in total. The van der Waals surface area contributed by atoms with E-state index < -0.39 is 17.5 Å². The molecule has 1 aromatic rings. The molecular formula is C17H23F3N4O2. The molecule has 26 heavy (non-hydrogen) atoms. The van der Waals surface area contributed by atoms with E-state index in [0.29, 0.717) is 26.1 Å². The van der Waals surface area contributed by atoms with Gasteiger partial charge in [0.1, 0.15) is 0 Å². The van der Waals surface area contributed by atoms with Crippen molar-refractivity contribution in [3.05, 3.63) is 11.9 Å². The highest BCUT2D eigenvalue weighted by molar-refractivity contribution is 5.92. The largest absolute Gasteiger partial charge is 0.392 e. The summed E-state index contributed by atoms with van der Waals surface area (Å²) in [7, 11) is 0. The maximum atomic E-state index is 13.4. The fraction of sp³-hybridized carbons (Fsp3) is 0.824. The van der Waals surface area contributed by atoms with Gasteiger partial charge < -0.3 is 9.64 Å². The van der Waals surface area contributed by atoms with Gasteiger partial charge in [-0.3, -0.25) is 4.79 Å². The second kappa shape index (κ2) is 6.51. The molecule has 2 aliphatic heterocycles. The van der Waals surface area contributed by atoms with E-state index in [1.54, 1.807) is 15.8 Å². The number of piperidine rings is 1. The second-order valence-corrected chi connectivity index (χ2v) is 7.75. The van der Waals surface area contributed by atoms with E-state index >= 15 is 0 Å². The molecule has 3 fully saturated rings. The Labute approximate surface area is 149 Å². The van der Waals surface area contributed by atoms with E-state index in [1.807, 2.05) is 0 Å². The molecule has 1 saturated carbocycles. The lowest BCUT2D eigenvalue weighted by atomic mass is 9.58. The Morgan fingerprint density at radius 1 is 1.23 bits per heavy atom. The van der Waals surface area contributed by atoms with Crippen LogP contribution in [-0.2, 0) is 4.74 Å². The zero-order valence-electron chi connectivity index (χ0n) is 14.5. The second-order valence-electron chi connectivity index (χ2n) is 7.75. The van der Waals surface area contributed by atoms with E-state index in [2.05, 4.69) is 10.3 Å². The normalized spacial score (nSPS) is 26.7. The van der Waals surface area contributed by atoms with E-state index in [1.165, 1.54) is 0 Å². The molecule has 1 spiro atoms. The first-order valence-corrected chi connectivity index (χ1v) is 9.25. The van der Waals surface area contributed by atoms with Crippen LogP contribution in [0.1, 0.15) is 55.1 Å². The molecule has 9 heteroatoms. The zero-order valence-corrected chi connectivity index (χ0v) is 14.5. The van der Waals surface area contributed by atoms with Crippen molar-refractivity contribution in [1.82, 2.24) is 19.9 Å². The number of rotatable bonds is 2. The SMILES string of the molecule is O=C(c1cn(C2CCOCC2)nn1)N1CC[C@@H](C(F)(F)F)C2(CCC2)C1. The minimum absolute atomic E-state index is 0.0245. The van der Waals surface area contributed by atoms with Gasteiger partial charge in [0.15, 0.2) is 5.69 Å². The summed E-state index contributed by atoms with van der Waals surface area (Å²) in [5.74, 6) is -1.61. The molecule has 144 valence electrons. The molecule has 3 aliphatic rings. The molecule has 0 unspecified atom stereocenters. The molecule has 1 aliphatic carbocycles. The van der Waals surface area contributed by atoms with Gasteiger partial charge in [-0.2, -0.15) is 13.2 Å². The molecule has 1 amide bonds. The van der Waals surface area contributed by atoms with Crippen LogP contribution >= 0.6 is 0 Å². The van der Waals surface area contributed by atoms with Gasteiger partial charge in [-0.05, 0) is 37.5 Å². The van der Waals surface area contributed by atoms with Crippen molar-refractivity contribution in [1.29, 1.82) is 0 Å². The monoisotopic (exact) mass is 372 g/mol. The summed E-state index contributed by atoms with van der Waals surface area (Å²) < 4.78 is 47.1. The third-order valence-corrected chi connectivity index (χ3v) is 6.26. The van der Waals surface area contributed by atoms with Gasteiger partial charge in [-0.25, -0.2) is 4.68 Å². The van der Waals surface area contributed by atoms with Crippen LogP contribution in [-0.4, -0.2) is 58.3 Å². The van der Waals surface area contributed by atoms with Crippen molar-refractivity contribution in [2.45, 2.75) is 50.7 Å². The Bertz CT molecular complexity index is 665. The van der Waals surface area contributed by atoms with Crippen LogP contribution in [0.5, 0.6) is 0 Å². The number of likely N-dealkylation sites (tertiary alicyclic amines) is 1. The summed E-state index contributed by atoms with van der Waals surface area (Å²) in [6, 6.07) is 0.159. The topological polar surface area (TPSA) is 60.3 Å². The van der Waals surface area contributed by atoms with Crippen molar-refractivity contribution in [3.63, 3.8) is 0 Å². The standard InChI is InChI=1S/C17H23F3N4O2/c18-17(19,20)14-2-7-23(11-16(14)5-1-6-16)15(25)13-10-24(22-21-13)12-3-8-26-9-4-12/h10,12,14H,1-9,11H2/t14-/m1/s1. The highest BCUT2D eigenvalue weighted by Gasteiger charge is 2.58. The highest BCUT2D eigenvalue weighted by atomic mass is 19.4. The Morgan fingerprint density at radius 2 is 1.96 bits per heavy atom. The molecule has 6 nitrogen and oxygen atoms in total. The molecule has 0 radical (unpaired) electrons. The summed E-state index contributed by atoms with van der Waals surface area (Å²) in [6.45, 7) is 1.59. The Morgan fingerprint density at radius 3 is 2.58 bits per heavy atom. The first-order valence-electron chi connectivity index (χ1n) is 9.25. The number of ether oxygens (including phenoxy) is 1. The first kappa shape index (κ1) is 17.8. The van der Waals surface area contributed by atoms with E-state index in [0.717, 1.165) is 19.3 Å². The van der Waals surface area contributed by atoms with Gasteiger partial charge in [0.05, 0.1) is 18.2 Å². The maximum Gasteiger partial charge on any atom is 0.392 e. The van der Waals surface area contributed by atoms with Crippen molar-refractivity contribution < 1.29 is 22.7 Å². The number of hydrogen-bond acceptors (Lipinski definition) is 4. The molecule has 1 atom stereocenters. The van der Waals surface area contributed by atoms with Crippen molar-refractivity contribution in [3.8, 4) is 0 Å². The number of hydrogen-bond donors (Lipinski definition) is 0. The molecule has 0 aromatic carbocycles. The summed E-state index contributed by atoms with van der Waals surface area (Å²) in [4.78, 5) is 14.3. The van der Waals surface area contributed by atoms with Gasteiger partial charge in [-0.15, -0.1) is 5.10 Å². The summed E-state index contributed by atoms with van der Waals surface area (Å²) in [6.07, 6.45) is 0.918. The van der Waals surface area contributed by atoms with Gasteiger partial charge in [0.25, 0.3) is 5.91 Å². The number of amides is 1. The number of carbonyl (C=O) groups is 1. The van der Waals surface area contributed by atoms with Crippen LogP contribution in [0.25, 0.3) is 0 Å². The average molecular weight is 372 g/mol. The molecule has 4 rings (SSSR count). The highest BCUT2D eigenvalue weighted by Crippen LogP contribution is 2.56. The minimum atomic E-state index is -4.19. The van der Waals surface area contributed by atoms with Crippen LogP contribution in [0, 0.1) is 11.3 Å². The number of alkyl halides is 3. The van der Waals surface area contributed by atoms with Gasteiger partial charge in [-0.1, -0.05) is 11.6 Å². The van der Waals surface area contributed by atoms with Crippen LogP contribution < -0.4 is 0 Å². The van der Waals surface area contributed by atoms with E-state index in [-0.39, 0.29) is 37.2 Å². The maximum absolute atomic E-state index is 13.4. The number of aromatic nitrogens is 3. The smallest absolute Gasteiger partial charge is 0.381 e. The Hall–Kier alpha value is -1.64. The number of halogens is 3. The summed E-state index contributed by atoms with van der Waals surface area (Å²) in [5.41, 5.74) is -0.584. The van der Waals surface area contributed by atoms with Gasteiger partial charge >= 0.3 is 6.18 Å². The quantitative estimate of drug-likeness (QED) is 0.801. The summed E-state index contributed by atoms with van der Waals surface area (Å²) >= 11 is 0. The third kappa shape index (κ3) is 3.10. The zero-order chi connectivity index (χ0) is 18.4. The number of carbonyl (C=O) groups excluding carboxylic acids is 1. The minimum Gasteiger partial charge on any atom is -0.381 e. The lowest BCUT2D eigenvalue weighted by Crippen LogP contribution is -2.57. The van der Waals surface area contributed by atoms with Crippen molar-refractivity contribution in [2.75, 3.05) is 26.3 Å². The fourth-order valence-corrected chi connectivity index (χ4v) is 4.65. The first-order chi connectivity index (χ1) is 12.4. The third-order valence-electron chi connectivity index (χ3n) is 6.26.